The average Bonchev–Trinajstić information content (AvgIpc) is 3.45. The molecule has 168 valence electrons. The van der Waals surface area contributed by atoms with E-state index in [0.717, 1.165) is 22.1 Å². The fourth-order valence-electron chi connectivity index (χ4n) is 4.90. The summed E-state index contributed by atoms with van der Waals surface area (Å²) in [5.41, 5.74) is 4.12. The smallest absolute Gasteiger partial charge is 0.340 e. The molecule has 1 atom stereocenters. The van der Waals surface area contributed by atoms with Gasteiger partial charge in [0.25, 0.3) is 0 Å². The lowest BCUT2D eigenvalue weighted by Crippen LogP contribution is -2.41. The summed E-state index contributed by atoms with van der Waals surface area (Å²) < 4.78 is 11.6. The highest BCUT2D eigenvalue weighted by molar-refractivity contribution is 6.11. The standard InChI is InChI=1S/C26H23NO6/c1-14-11-20-23(24-22(14)18(13-32-24)16-7-4-3-5-8-16)15(2)17(26(31)33-20)12-21(28)27-10-6-9-19(27)25(29)30/h3-5,7-8,11,13,19H,6,9-10,12H2,1-2H3,(H,29,30)/t19-/m0/s1. The normalized spacial score (nSPS) is 16.1. The summed E-state index contributed by atoms with van der Waals surface area (Å²) in [6.45, 7) is 4.09. The van der Waals surface area contributed by atoms with Gasteiger partial charge in [-0.3, -0.25) is 4.79 Å². The van der Waals surface area contributed by atoms with Gasteiger partial charge in [0.15, 0.2) is 0 Å². The molecule has 2 aromatic heterocycles. The van der Waals surface area contributed by atoms with E-state index in [0.29, 0.717) is 41.5 Å². The number of benzene rings is 2. The molecule has 2 aromatic carbocycles. The number of amides is 1. The molecular weight excluding hydrogens is 422 g/mol. The number of aliphatic carboxylic acids is 1. The third kappa shape index (κ3) is 3.40. The van der Waals surface area contributed by atoms with Crippen molar-refractivity contribution < 1.29 is 23.5 Å². The van der Waals surface area contributed by atoms with Crippen LogP contribution in [0.1, 0.15) is 29.5 Å². The molecule has 7 nitrogen and oxygen atoms in total. The molecule has 0 spiro atoms. The number of likely N-dealkylation sites (tertiary alicyclic amines) is 1. The van der Waals surface area contributed by atoms with Gasteiger partial charge in [0, 0.05) is 17.5 Å². The van der Waals surface area contributed by atoms with Gasteiger partial charge in [-0.05, 0) is 49.4 Å². The monoisotopic (exact) mass is 445 g/mol. The summed E-state index contributed by atoms with van der Waals surface area (Å²) in [6, 6.07) is 10.8. The number of aryl methyl sites for hydroxylation is 2. The molecule has 5 rings (SSSR count). The molecule has 1 aliphatic heterocycles. The molecule has 1 N–H and O–H groups in total. The first kappa shape index (κ1) is 21.0. The number of nitrogens with zero attached hydrogens (tertiary/aromatic N) is 1. The molecule has 0 saturated carbocycles. The highest BCUT2D eigenvalue weighted by Gasteiger charge is 2.34. The molecule has 0 aliphatic carbocycles. The van der Waals surface area contributed by atoms with E-state index in [9.17, 15) is 19.5 Å². The molecule has 4 aromatic rings. The molecule has 0 radical (unpaired) electrons. The minimum absolute atomic E-state index is 0.213. The van der Waals surface area contributed by atoms with E-state index < -0.39 is 17.6 Å². The van der Waals surface area contributed by atoms with Gasteiger partial charge in [-0.2, -0.15) is 0 Å². The third-order valence-corrected chi connectivity index (χ3v) is 6.55. The van der Waals surface area contributed by atoms with Crippen LogP contribution in [-0.4, -0.2) is 34.5 Å². The highest BCUT2D eigenvalue weighted by Crippen LogP contribution is 2.38. The molecule has 1 fully saturated rings. The molecule has 7 heteroatoms. The van der Waals surface area contributed by atoms with Gasteiger partial charge in [-0.1, -0.05) is 30.3 Å². The van der Waals surface area contributed by atoms with Crippen LogP contribution in [0.5, 0.6) is 0 Å². The van der Waals surface area contributed by atoms with Gasteiger partial charge in [0.2, 0.25) is 5.91 Å². The van der Waals surface area contributed by atoms with Crippen LogP contribution in [0.25, 0.3) is 33.1 Å². The summed E-state index contributed by atoms with van der Waals surface area (Å²) in [5.74, 6) is -1.41. The highest BCUT2D eigenvalue weighted by atomic mass is 16.4. The van der Waals surface area contributed by atoms with E-state index in [1.54, 1.807) is 13.2 Å². The van der Waals surface area contributed by atoms with Crippen LogP contribution >= 0.6 is 0 Å². The quantitative estimate of drug-likeness (QED) is 0.466. The van der Waals surface area contributed by atoms with E-state index in [-0.39, 0.29) is 17.9 Å². The van der Waals surface area contributed by atoms with Crippen molar-refractivity contribution in [2.24, 2.45) is 0 Å². The number of hydrogen-bond acceptors (Lipinski definition) is 5. The number of carbonyl (C=O) groups is 2. The first-order valence-corrected chi connectivity index (χ1v) is 10.9. The van der Waals surface area contributed by atoms with E-state index in [4.69, 9.17) is 8.83 Å². The number of carboxylic acid groups (broad SMARTS) is 1. The lowest BCUT2D eigenvalue weighted by molar-refractivity contribution is -0.148. The van der Waals surface area contributed by atoms with E-state index in [1.807, 2.05) is 43.3 Å². The van der Waals surface area contributed by atoms with Gasteiger partial charge < -0.3 is 18.8 Å². The molecule has 33 heavy (non-hydrogen) atoms. The van der Waals surface area contributed by atoms with Crippen LogP contribution < -0.4 is 5.63 Å². The fourth-order valence-corrected chi connectivity index (χ4v) is 4.90. The van der Waals surface area contributed by atoms with Crippen molar-refractivity contribution in [3.8, 4) is 11.1 Å². The Hall–Kier alpha value is -3.87. The SMILES string of the molecule is Cc1cc2oc(=O)c(CC(=O)N3CCC[C@H]3C(=O)O)c(C)c2c2occ(-c3ccccc3)c12. The van der Waals surface area contributed by atoms with Crippen molar-refractivity contribution in [3.63, 3.8) is 0 Å². The first-order valence-electron chi connectivity index (χ1n) is 10.9. The molecule has 3 heterocycles. The average molecular weight is 445 g/mol. The molecule has 1 amide bonds. The van der Waals surface area contributed by atoms with Crippen LogP contribution in [0.4, 0.5) is 0 Å². The van der Waals surface area contributed by atoms with Crippen LogP contribution in [0.3, 0.4) is 0 Å². The zero-order valence-corrected chi connectivity index (χ0v) is 18.4. The van der Waals surface area contributed by atoms with Gasteiger partial charge in [-0.25, -0.2) is 9.59 Å². The molecular formula is C26H23NO6. The second-order valence-corrected chi connectivity index (χ2v) is 8.54. The zero-order chi connectivity index (χ0) is 23.3. The molecule has 0 bridgehead atoms. The summed E-state index contributed by atoms with van der Waals surface area (Å²) in [4.78, 5) is 38.6. The second-order valence-electron chi connectivity index (χ2n) is 8.54. The van der Waals surface area contributed by atoms with Crippen molar-refractivity contribution >= 4 is 33.8 Å². The largest absolute Gasteiger partial charge is 0.480 e. The summed E-state index contributed by atoms with van der Waals surface area (Å²) in [5, 5.41) is 11.0. The Kier molecular flexibility index (Phi) is 5.04. The minimum Gasteiger partial charge on any atom is -0.480 e. The Morgan fingerprint density at radius 2 is 1.91 bits per heavy atom. The maximum Gasteiger partial charge on any atom is 0.340 e. The van der Waals surface area contributed by atoms with Gasteiger partial charge in [0.1, 0.15) is 17.2 Å². The number of fused-ring (bicyclic) bond motifs is 3. The van der Waals surface area contributed by atoms with Crippen LogP contribution in [0.2, 0.25) is 0 Å². The lowest BCUT2D eigenvalue weighted by atomic mass is 9.96. The van der Waals surface area contributed by atoms with E-state index in [1.165, 1.54) is 4.90 Å². The number of furan rings is 1. The van der Waals surface area contributed by atoms with Crippen LogP contribution in [0.15, 0.2) is 56.3 Å². The fraction of sp³-hybridized carbons (Fsp3) is 0.269. The Morgan fingerprint density at radius 1 is 1.15 bits per heavy atom. The second kappa shape index (κ2) is 7.92. The predicted molar refractivity (Wildman–Crippen MR) is 123 cm³/mol. The number of carbonyl (C=O) groups excluding carboxylic acids is 1. The Labute approximate surface area is 189 Å². The first-order chi connectivity index (χ1) is 15.9. The molecule has 1 aliphatic rings. The Bertz CT molecular complexity index is 1460. The van der Waals surface area contributed by atoms with Crippen molar-refractivity contribution in [1.29, 1.82) is 0 Å². The van der Waals surface area contributed by atoms with Crippen molar-refractivity contribution in [2.75, 3.05) is 6.54 Å². The van der Waals surface area contributed by atoms with E-state index >= 15 is 0 Å². The number of rotatable bonds is 4. The summed E-state index contributed by atoms with van der Waals surface area (Å²) in [7, 11) is 0. The Morgan fingerprint density at radius 3 is 2.64 bits per heavy atom. The van der Waals surface area contributed by atoms with Crippen LogP contribution in [-0.2, 0) is 16.0 Å². The van der Waals surface area contributed by atoms with Crippen molar-refractivity contribution in [3.05, 3.63) is 69.8 Å². The van der Waals surface area contributed by atoms with Gasteiger partial charge >= 0.3 is 11.6 Å². The summed E-state index contributed by atoms with van der Waals surface area (Å²) in [6.07, 6.45) is 2.53. The minimum atomic E-state index is -1.02. The third-order valence-electron chi connectivity index (χ3n) is 6.55. The van der Waals surface area contributed by atoms with Gasteiger partial charge in [-0.15, -0.1) is 0 Å². The van der Waals surface area contributed by atoms with Gasteiger partial charge in [0.05, 0.1) is 23.6 Å². The number of hydrogen-bond donors (Lipinski definition) is 1. The van der Waals surface area contributed by atoms with E-state index in [2.05, 4.69) is 0 Å². The van der Waals surface area contributed by atoms with Crippen LogP contribution in [0, 0.1) is 13.8 Å². The topological polar surface area (TPSA) is 101 Å². The maximum absolute atomic E-state index is 12.9. The maximum atomic E-state index is 12.9. The Balaban J connectivity index is 1.64. The molecule has 1 saturated heterocycles. The zero-order valence-electron chi connectivity index (χ0n) is 18.4. The summed E-state index contributed by atoms with van der Waals surface area (Å²) >= 11 is 0. The predicted octanol–water partition coefficient (Wildman–Crippen LogP) is 4.44. The van der Waals surface area contributed by atoms with Crippen molar-refractivity contribution in [1.82, 2.24) is 4.90 Å². The molecule has 0 unspecified atom stereocenters. The lowest BCUT2D eigenvalue weighted by Gasteiger charge is -2.21. The number of carboxylic acids is 1. The van der Waals surface area contributed by atoms with Crippen molar-refractivity contribution in [2.45, 2.75) is 39.2 Å².